The zero-order valence-electron chi connectivity index (χ0n) is 14.2. The molecule has 0 radical (unpaired) electrons. The molecule has 1 N–H and O–H groups in total. The maximum atomic E-state index is 12.2. The highest BCUT2D eigenvalue weighted by Gasteiger charge is 2.23. The van der Waals surface area contributed by atoms with Gasteiger partial charge in [-0.1, -0.05) is 0 Å². The number of amides is 1. The SMILES string of the molecule is Cc1ccc(C(=O)Nc2ccc(N3CC(C)OC(C)C3)nc2)cn1. The second-order valence-corrected chi connectivity index (χ2v) is 6.21. The minimum absolute atomic E-state index is 0.184. The first-order chi connectivity index (χ1) is 11.5. The van der Waals surface area contributed by atoms with Crippen molar-refractivity contribution in [2.24, 2.45) is 0 Å². The standard InChI is InChI=1S/C18H22N4O2/c1-12-4-5-15(8-19-12)18(23)21-16-6-7-17(20-9-16)22-10-13(2)24-14(3)11-22/h4-9,13-14H,10-11H2,1-3H3,(H,21,23). The van der Waals surface area contributed by atoms with Crippen molar-refractivity contribution in [3.63, 3.8) is 0 Å². The summed E-state index contributed by atoms with van der Waals surface area (Å²) < 4.78 is 5.74. The van der Waals surface area contributed by atoms with Crippen molar-refractivity contribution in [3.05, 3.63) is 47.9 Å². The summed E-state index contributed by atoms with van der Waals surface area (Å²) in [5.41, 5.74) is 2.07. The van der Waals surface area contributed by atoms with Crippen molar-refractivity contribution >= 4 is 17.4 Å². The molecule has 0 aromatic carbocycles. The molecule has 1 amide bonds. The third kappa shape index (κ3) is 3.89. The molecule has 0 spiro atoms. The fourth-order valence-electron chi connectivity index (χ4n) is 2.82. The number of nitrogens with one attached hydrogen (secondary N) is 1. The van der Waals surface area contributed by atoms with Gasteiger partial charge in [-0.3, -0.25) is 9.78 Å². The lowest BCUT2D eigenvalue weighted by atomic mass is 10.2. The van der Waals surface area contributed by atoms with Gasteiger partial charge in [0.2, 0.25) is 0 Å². The van der Waals surface area contributed by atoms with Gasteiger partial charge in [0, 0.05) is 25.0 Å². The van der Waals surface area contributed by atoms with Crippen LogP contribution in [-0.2, 0) is 4.74 Å². The Labute approximate surface area is 141 Å². The minimum Gasteiger partial charge on any atom is -0.372 e. The first kappa shape index (κ1) is 16.4. The number of ether oxygens (including phenoxy) is 1. The number of aromatic nitrogens is 2. The van der Waals surface area contributed by atoms with E-state index in [1.54, 1.807) is 18.5 Å². The number of rotatable bonds is 3. The van der Waals surface area contributed by atoms with Crippen LogP contribution < -0.4 is 10.2 Å². The second kappa shape index (κ2) is 6.97. The van der Waals surface area contributed by atoms with E-state index in [0.29, 0.717) is 11.3 Å². The lowest BCUT2D eigenvalue weighted by molar-refractivity contribution is -0.00545. The molecule has 2 atom stereocenters. The summed E-state index contributed by atoms with van der Waals surface area (Å²) in [5.74, 6) is 0.706. The van der Waals surface area contributed by atoms with Crippen LogP contribution in [-0.4, -0.2) is 41.2 Å². The van der Waals surface area contributed by atoms with Gasteiger partial charge in [-0.15, -0.1) is 0 Å². The van der Waals surface area contributed by atoms with Crippen molar-refractivity contribution < 1.29 is 9.53 Å². The predicted molar refractivity (Wildman–Crippen MR) is 93.4 cm³/mol. The van der Waals surface area contributed by atoms with E-state index in [4.69, 9.17) is 4.74 Å². The van der Waals surface area contributed by atoms with Crippen LogP contribution in [0.15, 0.2) is 36.7 Å². The maximum Gasteiger partial charge on any atom is 0.257 e. The molecule has 3 rings (SSSR count). The molecule has 1 saturated heterocycles. The highest BCUT2D eigenvalue weighted by atomic mass is 16.5. The van der Waals surface area contributed by atoms with Crippen LogP contribution >= 0.6 is 0 Å². The Morgan fingerprint density at radius 2 is 1.88 bits per heavy atom. The van der Waals surface area contributed by atoms with Gasteiger partial charge < -0.3 is 15.0 Å². The largest absolute Gasteiger partial charge is 0.372 e. The summed E-state index contributed by atoms with van der Waals surface area (Å²) in [5, 5.41) is 2.84. The predicted octanol–water partition coefficient (Wildman–Crippen LogP) is 2.65. The van der Waals surface area contributed by atoms with Gasteiger partial charge >= 0.3 is 0 Å². The molecule has 0 bridgehead atoms. The van der Waals surface area contributed by atoms with Gasteiger partial charge in [0.25, 0.3) is 5.91 Å². The molecule has 2 unspecified atom stereocenters. The Kier molecular flexibility index (Phi) is 4.76. The molecule has 2 aromatic rings. The number of morpholine rings is 1. The Balaban J connectivity index is 1.66. The van der Waals surface area contributed by atoms with E-state index < -0.39 is 0 Å². The van der Waals surface area contributed by atoms with Crippen molar-refractivity contribution in [1.82, 2.24) is 9.97 Å². The molecular weight excluding hydrogens is 304 g/mol. The molecule has 1 fully saturated rings. The van der Waals surface area contributed by atoms with Crippen LogP contribution in [0.4, 0.5) is 11.5 Å². The van der Waals surface area contributed by atoms with Crippen molar-refractivity contribution in [2.75, 3.05) is 23.3 Å². The van der Waals surface area contributed by atoms with E-state index in [2.05, 4.69) is 34.0 Å². The normalized spacial score (nSPS) is 20.7. The highest BCUT2D eigenvalue weighted by molar-refractivity contribution is 6.03. The lowest BCUT2D eigenvalue weighted by Gasteiger charge is -2.36. The molecule has 0 aliphatic carbocycles. The Morgan fingerprint density at radius 3 is 2.46 bits per heavy atom. The van der Waals surface area contributed by atoms with Crippen LogP contribution in [0.5, 0.6) is 0 Å². The zero-order chi connectivity index (χ0) is 17.1. The molecule has 1 aliphatic rings. The Bertz CT molecular complexity index is 690. The van der Waals surface area contributed by atoms with E-state index in [1.807, 2.05) is 25.1 Å². The van der Waals surface area contributed by atoms with Crippen LogP contribution in [0.1, 0.15) is 29.9 Å². The molecule has 1 aliphatic heterocycles. The van der Waals surface area contributed by atoms with Gasteiger partial charge in [-0.25, -0.2) is 4.98 Å². The third-order valence-corrected chi connectivity index (χ3v) is 3.92. The van der Waals surface area contributed by atoms with Crippen LogP contribution in [0.3, 0.4) is 0 Å². The number of anilines is 2. The van der Waals surface area contributed by atoms with Crippen LogP contribution in [0, 0.1) is 6.92 Å². The van der Waals surface area contributed by atoms with E-state index >= 15 is 0 Å². The summed E-state index contributed by atoms with van der Waals surface area (Å²) in [6, 6.07) is 7.37. The molecule has 126 valence electrons. The monoisotopic (exact) mass is 326 g/mol. The summed E-state index contributed by atoms with van der Waals surface area (Å²) >= 11 is 0. The second-order valence-electron chi connectivity index (χ2n) is 6.21. The van der Waals surface area contributed by atoms with Crippen molar-refractivity contribution in [3.8, 4) is 0 Å². The lowest BCUT2D eigenvalue weighted by Crippen LogP contribution is -2.45. The average molecular weight is 326 g/mol. The Hall–Kier alpha value is -2.47. The first-order valence-electron chi connectivity index (χ1n) is 8.12. The maximum absolute atomic E-state index is 12.2. The molecule has 0 saturated carbocycles. The number of carbonyl (C=O) groups is 1. The number of aryl methyl sites for hydroxylation is 1. The number of pyridine rings is 2. The van der Waals surface area contributed by atoms with E-state index in [0.717, 1.165) is 24.6 Å². The van der Waals surface area contributed by atoms with Gasteiger partial charge in [-0.2, -0.15) is 0 Å². The highest BCUT2D eigenvalue weighted by Crippen LogP contribution is 2.20. The fraction of sp³-hybridized carbons (Fsp3) is 0.389. The molecular formula is C18H22N4O2. The third-order valence-electron chi connectivity index (χ3n) is 3.92. The number of nitrogens with zero attached hydrogens (tertiary/aromatic N) is 3. The number of hydrogen-bond donors (Lipinski definition) is 1. The molecule has 6 nitrogen and oxygen atoms in total. The molecule has 6 heteroatoms. The van der Waals surface area contributed by atoms with Gasteiger partial charge in [0.05, 0.1) is 29.7 Å². The van der Waals surface area contributed by atoms with Crippen molar-refractivity contribution in [1.29, 1.82) is 0 Å². The summed E-state index contributed by atoms with van der Waals surface area (Å²) in [4.78, 5) is 23.0. The quantitative estimate of drug-likeness (QED) is 0.939. The minimum atomic E-state index is -0.189. The number of hydrogen-bond acceptors (Lipinski definition) is 5. The van der Waals surface area contributed by atoms with Crippen LogP contribution in [0.25, 0.3) is 0 Å². The van der Waals surface area contributed by atoms with E-state index in [1.165, 1.54) is 0 Å². The average Bonchev–Trinajstić information content (AvgIpc) is 2.55. The van der Waals surface area contributed by atoms with E-state index in [-0.39, 0.29) is 18.1 Å². The van der Waals surface area contributed by atoms with E-state index in [9.17, 15) is 4.79 Å². The molecule has 24 heavy (non-hydrogen) atoms. The molecule has 3 heterocycles. The van der Waals surface area contributed by atoms with Crippen LogP contribution in [0.2, 0.25) is 0 Å². The first-order valence-corrected chi connectivity index (χ1v) is 8.12. The van der Waals surface area contributed by atoms with Crippen molar-refractivity contribution in [2.45, 2.75) is 33.0 Å². The van der Waals surface area contributed by atoms with Gasteiger partial charge in [0.1, 0.15) is 5.82 Å². The number of carbonyl (C=O) groups excluding carboxylic acids is 1. The summed E-state index contributed by atoms with van der Waals surface area (Å²) in [6.07, 6.45) is 3.62. The topological polar surface area (TPSA) is 67.4 Å². The fourth-order valence-corrected chi connectivity index (χ4v) is 2.82. The summed E-state index contributed by atoms with van der Waals surface area (Å²) in [6.45, 7) is 7.65. The summed E-state index contributed by atoms with van der Waals surface area (Å²) in [7, 11) is 0. The smallest absolute Gasteiger partial charge is 0.257 e. The zero-order valence-corrected chi connectivity index (χ0v) is 14.2. The van der Waals surface area contributed by atoms with Gasteiger partial charge in [-0.05, 0) is 45.0 Å². The molecule has 2 aromatic heterocycles. The van der Waals surface area contributed by atoms with Gasteiger partial charge in [0.15, 0.2) is 0 Å². The Morgan fingerprint density at radius 1 is 1.12 bits per heavy atom.